The van der Waals surface area contributed by atoms with Gasteiger partial charge < -0.3 is 10.6 Å². The Balaban J connectivity index is 2.25. The van der Waals surface area contributed by atoms with Gasteiger partial charge in [-0.2, -0.15) is 0 Å². The van der Waals surface area contributed by atoms with Crippen molar-refractivity contribution in [2.45, 2.75) is 26.8 Å². The first kappa shape index (κ1) is 17.6. The number of carbonyl (C=O) groups excluding carboxylic acids is 2. The molecule has 2 amide bonds. The molecule has 0 saturated carbocycles. The fourth-order valence-corrected chi connectivity index (χ4v) is 2.16. The van der Waals surface area contributed by atoms with Crippen LogP contribution in [0.3, 0.4) is 0 Å². The molecule has 0 bridgehead atoms. The predicted molar refractivity (Wildman–Crippen MR) is 88.1 cm³/mol. The first-order valence-corrected chi connectivity index (χ1v) is 7.46. The first-order valence-electron chi connectivity index (χ1n) is 7.46. The van der Waals surface area contributed by atoms with Gasteiger partial charge in [-0.25, -0.2) is 8.78 Å². The average molecular weight is 332 g/mol. The van der Waals surface area contributed by atoms with Gasteiger partial charge in [0.25, 0.3) is 11.8 Å². The molecule has 2 aromatic rings. The zero-order valence-corrected chi connectivity index (χ0v) is 13.6. The quantitative estimate of drug-likeness (QED) is 0.897. The number of carbonyl (C=O) groups is 2. The van der Waals surface area contributed by atoms with Crippen molar-refractivity contribution in [1.29, 1.82) is 0 Å². The van der Waals surface area contributed by atoms with Crippen LogP contribution in [0.1, 0.15) is 40.1 Å². The van der Waals surface area contributed by atoms with Crippen LogP contribution in [0.4, 0.5) is 14.5 Å². The molecule has 0 aliphatic carbocycles. The van der Waals surface area contributed by atoms with Crippen LogP contribution < -0.4 is 10.6 Å². The lowest BCUT2D eigenvalue weighted by Crippen LogP contribution is -2.30. The van der Waals surface area contributed by atoms with E-state index in [1.54, 1.807) is 19.1 Å². The lowest BCUT2D eigenvalue weighted by Gasteiger charge is -2.13. The van der Waals surface area contributed by atoms with E-state index >= 15 is 0 Å². The van der Waals surface area contributed by atoms with E-state index in [2.05, 4.69) is 10.6 Å². The van der Waals surface area contributed by atoms with Crippen LogP contribution in [0.2, 0.25) is 0 Å². The van der Waals surface area contributed by atoms with Gasteiger partial charge in [0.1, 0.15) is 0 Å². The SMILES string of the molecule is Cc1ccc(NC(=O)c2cccc(F)c2F)cc1C(=O)NC(C)C. The molecule has 0 unspecified atom stereocenters. The summed E-state index contributed by atoms with van der Waals surface area (Å²) in [5.74, 6) is -3.36. The molecule has 0 heterocycles. The van der Waals surface area contributed by atoms with Gasteiger partial charge in [0.15, 0.2) is 11.6 Å². The number of anilines is 1. The van der Waals surface area contributed by atoms with Gasteiger partial charge in [0, 0.05) is 17.3 Å². The third-order valence-electron chi connectivity index (χ3n) is 3.36. The molecule has 6 heteroatoms. The molecule has 126 valence electrons. The van der Waals surface area contributed by atoms with Gasteiger partial charge in [0.2, 0.25) is 0 Å². The molecule has 0 aliphatic heterocycles. The number of halogens is 2. The van der Waals surface area contributed by atoms with Crippen LogP contribution in [0.15, 0.2) is 36.4 Å². The lowest BCUT2D eigenvalue weighted by atomic mass is 10.1. The standard InChI is InChI=1S/C18H18F2N2O2/c1-10(2)21-18(24)14-9-12(8-7-11(14)3)22-17(23)13-5-4-6-15(19)16(13)20/h4-10H,1-3H3,(H,21,24)(H,22,23). The summed E-state index contributed by atoms with van der Waals surface area (Å²) in [4.78, 5) is 24.3. The fourth-order valence-electron chi connectivity index (χ4n) is 2.16. The number of hydrogen-bond acceptors (Lipinski definition) is 2. The van der Waals surface area contributed by atoms with Crippen molar-refractivity contribution in [2.24, 2.45) is 0 Å². The summed E-state index contributed by atoms with van der Waals surface area (Å²) in [6.07, 6.45) is 0. The predicted octanol–water partition coefficient (Wildman–Crippen LogP) is 3.66. The lowest BCUT2D eigenvalue weighted by molar-refractivity contribution is 0.0941. The van der Waals surface area contributed by atoms with Crippen molar-refractivity contribution >= 4 is 17.5 Å². The Labute approximate surface area is 138 Å². The van der Waals surface area contributed by atoms with Crippen LogP contribution in [0.5, 0.6) is 0 Å². The van der Waals surface area contributed by atoms with Crippen molar-refractivity contribution in [3.05, 3.63) is 64.7 Å². The van der Waals surface area contributed by atoms with Gasteiger partial charge in [0.05, 0.1) is 5.56 Å². The Morgan fingerprint density at radius 3 is 2.38 bits per heavy atom. The maximum absolute atomic E-state index is 13.7. The first-order chi connectivity index (χ1) is 11.3. The van der Waals surface area contributed by atoms with E-state index in [1.807, 2.05) is 13.8 Å². The molecular formula is C18H18F2N2O2. The zero-order chi connectivity index (χ0) is 17.9. The molecule has 2 aromatic carbocycles. The maximum Gasteiger partial charge on any atom is 0.258 e. The van der Waals surface area contributed by atoms with Crippen LogP contribution in [0, 0.1) is 18.6 Å². The van der Waals surface area contributed by atoms with Crippen molar-refractivity contribution in [3.8, 4) is 0 Å². The zero-order valence-electron chi connectivity index (χ0n) is 13.6. The Kier molecular flexibility index (Phi) is 5.28. The largest absolute Gasteiger partial charge is 0.350 e. The second-order valence-corrected chi connectivity index (χ2v) is 5.71. The summed E-state index contributed by atoms with van der Waals surface area (Å²) in [5, 5.41) is 5.24. The van der Waals surface area contributed by atoms with Crippen LogP contribution in [0.25, 0.3) is 0 Å². The smallest absolute Gasteiger partial charge is 0.258 e. The highest BCUT2D eigenvalue weighted by Gasteiger charge is 2.16. The summed E-state index contributed by atoms with van der Waals surface area (Å²) in [5.41, 5.74) is 1.07. The summed E-state index contributed by atoms with van der Waals surface area (Å²) in [6, 6.07) is 8.12. The maximum atomic E-state index is 13.7. The Morgan fingerprint density at radius 1 is 1.00 bits per heavy atom. The summed E-state index contributed by atoms with van der Waals surface area (Å²) >= 11 is 0. The van der Waals surface area contributed by atoms with Crippen molar-refractivity contribution in [2.75, 3.05) is 5.32 Å². The highest BCUT2D eigenvalue weighted by molar-refractivity contribution is 6.05. The number of rotatable bonds is 4. The molecule has 0 spiro atoms. The third-order valence-corrected chi connectivity index (χ3v) is 3.36. The number of hydrogen-bond donors (Lipinski definition) is 2. The molecule has 2 N–H and O–H groups in total. The second kappa shape index (κ2) is 7.21. The molecular weight excluding hydrogens is 314 g/mol. The molecule has 0 aliphatic rings. The van der Waals surface area contributed by atoms with Gasteiger partial charge in [-0.15, -0.1) is 0 Å². The minimum absolute atomic E-state index is 0.0310. The van der Waals surface area contributed by atoms with E-state index in [1.165, 1.54) is 18.2 Å². The van der Waals surface area contributed by atoms with E-state index in [-0.39, 0.29) is 11.9 Å². The molecule has 4 nitrogen and oxygen atoms in total. The Bertz CT molecular complexity index is 789. The number of benzene rings is 2. The highest BCUT2D eigenvalue weighted by Crippen LogP contribution is 2.18. The average Bonchev–Trinajstić information content (AvgIpc) is 2.51. The molecule has 0 aromatic heterocycles. The monoisotopic (exact) mass is 332 g/mol. The van der Waals surface area contributed by atoms with Gasteiger partial charge in [-0.3, -0.25) is 9.59 Å². The van der Waals surface area contributed by atoms with Crippen molar-refractivity contribution in [1.82, 2.24) is 5.32 Å². The van der Waals surface area contributed by atoms with Crippen molar-refractivity contribution < 1.29 is 18.4 Å². The number of amides is 2. The molecule has 0 saturated heterocycles. The van der Waals surface area contributed by atoms with Gasteiger partial charge >= 0.3 is 0 Å². The Morgan fingerprint density at radius 2 is 1.71 bits per heavy atom. The van der Waals surface area contributed by atoms with Crippen LogP contribution >= 0.6 is 0 Å². The minimum Gasteiger partial charge on any atom is -0.350 e. The molecule has 2 rings (SSSR count). The van der Waals surface area contributed by atoms with E-state index in [4.69, 9.17) is 0 Å². The van der Waals surface area contributed by atoms with Crippen molar-refractivity contribution in [3.63, 3.8) is 0 Å². The van der Waals surface area contributed by atoms with E-state index in [9.17, 15) is 18.4 Å². The molecule has 24 heavy (non-hydrogen) atoms. The minimum atomic E-state index is -1.21. The van der Waals surface area contributed by atoms with Gasteiger partial charge in [-0.1, -0.05) is 12.1 Å². The van der Waals surface area contributed by atoms with Crippen LogP contribution in [-0.4, -0.2) is 17.9 Å². The Hall–Kier alpha value is -2.76. The van der Waals surface area contributed by atoms with E-state index < -0.39 is 23.1 Å². The fraction of sp³-hybridized carbons (Fsp3) is 0.222. The number of nitrogens with one attached hydrogen (secondary N) is 2. The molecule has 0 fully saturated rings. The van der Waals surface area contributed by atoms with Gasteiger partial charge in [-0.05, 0) is 50.6 Å². The summed E-state index contributed by atoms with van der Waals surface area (Å²) < 4.78 is 26.9. The summed E-state index contributed by atoms with van der Waals surface area (Å²) in [7, 11) is 0. The molecule has 0 radical (unpaired) electrons. The normalized spacial score (nSPS) is 10.6. The number of aryl methyl sites for hydroxylation is 1. The summed E-state index contributed by atoms with van der Waals surface area (Å²) in [6.45, 7) is 5.45. The topological polar surface area (TPSA) is 58.2 Å². The highest BCUT2D eigenvalue weighted by atomic mass is 19.2. The molecule has 0 atom stereocenters. The second-order valence-electron chi connectivity index (χ2n) is 5.71. The third kappa shape index (κ3) is 3.95. The van der Waals surface area contributed by atoms with E-state index in [0.29, 0.717) is 11.3 Å². The van der Waals surface area contributed by atoms with Crippen LogP contribution in [-0.2, 0) is 0 Å². The van der Waals surface area contributed by atoms with E-state index in [0.717, 1.165) is 11.6 Å².